The summed E-state index contributed by atoms with van der Waals surface area (Å²) >= 11 is 0. The van der Waals surface area contributed by atoms with Crippen LogP contribution in [0, 0.1) is 5.92 Å². The van der Waals surface area contributed by atoms with Gasteiger partial charge in [0.05, 0.1) is 33.9 Å². The van der Waals surface area contributed by atoms with E-state index >= 15 is 0 Å². The summed E-state index contributed by atoms with van der Waals surface area (Å²) in [5, 5.41) is 0. The quantitative estimate of drug-likeness (QED) is 0.475. The van der Waals surface area contributed by atoms with Gasteiger partial charge in [-0.25, -0.2) is 0 Å². The Labute approximate surface area is 271 Å². The van der Waals surface area contributed by atoms with Crippen LogP contribution in [0.5, 0.6) is 23.0 Å². The lowest BCUT2D eigenvalue weighted by Crippen LogP contribution is -2.63. The molecule has 7 unspecified atom stereocenters. The summed E-state index contributed by atoms with van der Waals surface area (Å²) in [5.41, 5.74) is 7.07. The monoisotopic (exact) mass is 624 g/mol. The maximum Gasteiger partial charge on any atom is 0.169 e. The van der Waals surface area contributed by atoms with Crippen molar-refractivity contribution in [3.8, 4) is 23.0 Å². The summed E-state index contributed by atoms with van der Waals surface area (Å²) in [6.45, 7) is 2.20. The van der Waals surface area contributed by atoms with Crippen molar-refractivity contribution in [3.05, 3.63) is 81.8 Å². The Hall–Kier alpha value is -3.62. The lowest BCUT2D eigenvalue weighted by Gasteiger charge is -2.56. The number of rotatable bonds is 4. The average Bonchev–Trinajstić information content (AvgIpc) is 3.62. The first-order valence-corrected chi connectivity index (χ1v) is 16.8. The normalized spacial score (nSPS) is 35.1. The lowest BCUT2D eigenvalue weighted by atomic mass is 9.53. The molecule has 0 amide bonds. The van der Waals surface area contributed by atoms with Gasteiger partial charge < -0.3 is 33.3 Å². The van der Waals surface area contributed by atoms with Crippen LogP contribution in [0.15, 0.2) is 59.6 Å². The van der Waals surface area contributed by atoms with Crippen molar-refractivity contribution in [2.24, 2.45) is 5.92 Å². The van der Waals surface area contributed by atoms with Crippen LogP contribution in [0.3, 0.4) is 0 Å². The molecule has 0 saturated carbocycles. The molecule has 242 valence electrons. The van der Waals surface area contributed by atoms with Crippen molar-refractivity contribution in [1.82, 2.24) is 9.80 Å². The number of hydrogen-bond acceptors (Lipinski definition) is 8. The molecule has 4 heterocycles. The minimum absolute atomic E-state index is 0.00722. The zero-order valence-electron chi connectivity index (χ0n) is 27.7. The number of likely N-dealkylation sites (tertiary alicyclic amines) is 2. The predicted octanol–water partition coefficient (Wildman–Crippen LogP) is 4.93. The van der Waals surface area contributed by atoms with E-state index in [0.29, 0.717) is 18.0 Å². The van der Waals surface area contributed by atoms with Crippen molar-refractivity contribution in [2.45, 2.75) is 67.2 Å². The summed E-state index contributed by atoms with van der Waals surface area (Å²) in [6, 6.07) is 9.63. The highest BCUT2D eigenvalue weighted by Crippen LogP contribution is 2.64. The van der Waals surface area contributed by atoms with Crippen LogP contribution in [-0.2, 0) is 33.1 Å². The van der Waals surface area contributed by atoms with Gasteiger partial charge in [-0.1, -0.05) is 18.2 Å². The zero-order chi connectivity index (χ0) is 31.5. The van der Waals surface area contributed by atoms with Gasteiger partial charge in [-0.15, -0.1) is 0 Å². The summed E-state index contributed by atoms with van der Waals surface area (Å²) < 4.78 is 35.5. The number of piperidine rings is 2. The first-order chi connectivity index (χ1) is 22.4. The number of benzene rings is 2. The molecule has 8 heteroatoms. The van der Waals surface area contributed by atoms with Crippen LogP contribution < -0.4 is 18.9 Å². The molecule has 0 aromatic heterocycles. The van der Waals surface area contributed by atoms with Gasteiger partial charge in [0.25, 0.3) is 0 Å². The highest BCUT2D eigenvalue weighted by Gasteiger charge is 2.65. The van der Waals surface area contributed by atoms with Gasteiger partial charge in [-0.3, -0.25) is 4.90 Å². The Kier molecular flexibility index (Phi) is 6.18. The second kappa shape index (κ2) is 9.94. The van der Waals surface area contributed by atoms with E-state index in [9.17, 15) is 0 Å². The SMILES string of the molecule is COC1=CC=C2C3Cc4ccc(OC)c5c4C2(CCN3C)C1O5.COC1=CCC2C3Cc4ccc(OC)c5c4C2(CCN3C)C1O5. The van der Waals surface area contributed by atoms with E-state index in [1.165, 1.54) is 27.8 Å². The summed E-state index contributed by atoms with van der Waals surface area (Å²) in [7, 11) is 11.4. The fourth-order valence-corrected chi connectivity index (χ4v) is 10.8. The third-order valence-electron chi connectivity index (χ3n) is 12.8. The molecule has 4 aliphatic heterocycles. The topological polar surface area (TPSA) is 61.9 Å². The van der Waals surface area contributed by atoms with Crippen molar-refractivity contribution >= 4 is 0 Å². The predicted molar refractivity (Wildman–Crippen MR) is 174 cm³/mol. The molecule has 8 nitrogen and oxygen atoms in total. The Balaban J connectivity index is 0.000000127. The molecule has 10 rings (SSSR count). The number of methoxy groups -OCH3 is 4. The lowest BCUT2D eigenvalue weighted by molar-refractivity contribution is -0.0267. The molecule has 4 aliphatic carbocycles. The number of hydrogen-bond donors (Lipinski definition) is 0. The number of likely N-dealkylation sites (N-methyl/N-ethyl adjacent to an activating group) is 2. The molecule has 0 N–H and O–H groups in total. The highest BCUT2D eigenvalue weighted by molar-refractivity contribution is 5.68. The second-order valence-electron chi connectivity index (χ2n) is 14.3. The third-order valence-corrected chi connectivity index (χ3v) is 12.8. The fourth-order valence-electron chi connectivity index (χ4n) is 10.8. The van der Waals surface area contributed by atoms with E-state index in [-0.39, 0.29) is 23.0 Å². The first-order valence-electron chi connectivity index (χ1n) is 16.8. The zero-order valence-corrected chi connectivity index (χ0v) is 27.7. The third kappa shape index (κ3) is 3.37. The Morgan fingerprint density at radius 2 is 1.39 bits per heavy atom. The molecular formula is C38H44N2O6. The maximum absolute atomic E-state index is 6.50. The van der Waals surface area contributed by atoms with Gasteiger partial charge in [0.2, 0.25) is 0 Å². The fraction of sp³-hybridized carbons (Fsp3) is 0.526. The van der Waals surface area contributed by atoms with E-state index in [0.717, 1.165) is 79.7 Å². The van der Waals surface area contributed by atoms with Crippen LogP contribution in [0.2, 0.25) is 0 Å². The molecule has 2 saturated heterocycles. The van der Waals surface area contributed by atoms with E-state index in [1.807, 2.05) is 6.07 Å². The van der Waals surface area contributed by atoms with E-state index in [1.54, 1.807) is 28.4 Å². The molecule has 2 aromatic rings. The molecule has 8 aliphatic rings. The largest absolute Gasteiger partial charge is 0.497 e. The van der Waals surface area contributed by atoms with Gasteiger partial charge in [-0.2, -0.15) is 0 Å². The van der Waals surface area contributed by atoms with Gasteiger partial charge in [0, 0.05) is 28.6 Å². The van der Waals surface area contributed by atoms with E-state index < -0.39 is 0 Å². The van der Waals surface area contributed by atoms with Crippen LogP contribution in [0.25, 0.3) is 0 Å². The average molecular weight is 625 g/mol. The van der Waals surface area contributed by atoms with Crippen molar-refractivity contribution in [1.29, 1.82) is 0 Å². The van der Waals surface area contributed by atoms with E-state index in [4.69, 9.17) is 28.4 Å². The van der Waals surface area contributed by atoms with Gasteiger partial charge in [-0.05, 0) is 106 Å². The summed E-state index contributed by atoms with van der Waals surface area (Å²) in [5.74, 6) is 6.10. The maximum atomic E-state index is 6.50. The van der Waals surface area contributed by atoms with Crippen molar-refractivity contribution in [2.75, 3.05) is 55.6 Å². The molecule has 7 atom stereocenters. The summed E-state index contributed by atoms with van der Waals surface area (Å²) in [6.07, 6.45) is 12.0. The summed E-state index contributed by atoms with van der Waals surface area (Å²) in [4.78, 5) is 5.02. The minimum atomic E-state index is -0.0747. The minimum Gasteiger partial charge on any atom is -0.497 e. The Morgan fingerprint density at radius 3 is 2.11 bits per heavy atom. The first kappa shape index (κ1) is 28.6. The van der Waals surface area contributed by atoms with Crippen LogP contribution >= 0.6 is 0 Å². The van der Waals surface area contributed by atoms with Gasteiger partial charge >= 0.3 is 0 Å². The molecule has 2 aromatic carbocycles. The molecule has 4 bridgehead atoms. The second-order valence-corrected chi connectivity index (χ2v) is 14.3. The van der Waals surface area contributed by atoms with Crippen LogP contribution in [-0.4, -0.2) is 89.7 Å². The van der Waals surface area contributed by atoms with Crippen molar-refractivity contribution in [3.63, 3.8) is 0 Å². The smallest absolute Gasteiger partial charge is 0.169 e. The van der Waals surface area contributed by atoms with Crippen LogP contribution in [0.1, 0.15) is 41.5 Å². The van der Waals surface area contributed by atoms with E-state index in [2.05, 4.69) is 60.3 Å². The standard InChI is InChI=1S/C19H23NO3.C19H21NO3/c2*1-20-9-8-19-12-5-7-15(22-3)18(19)23-17-14(21-2)6-4-11(16(17)19)10-13(12)20/h4,6-7,12-13,18H,5,8-10H2,1-3H3;4-7,13,18H,8-10H2,1-3H3. The molecular weight excluding hydrogens is 580 g/mol. The number of allylic oxidation sites excluding steroid dienone is 3. The van der Waals surface area contributed by atoms with Crippen molar-refractivity contribution < 1.29 is 28.4 Å². The number of ether oxygens (including phenoxy) is 6. The Morgan fingerprint density at radius 1 is 0.717 bits per heavy atom. The van der Waals surface area contributed by atoms with Gasteiger partial charge in [0.15, 0.2) is 35.2 Å². The van der Waals surface area contributed by atoms with Crippen LogP contribution in [0.4, 0.5) is 0 Å². The van der Waals surface area contributed by atoms with Gasteiger partial charge in [0.1, 0.15) is 11.5 Å². The molecule has 0 radical (unpaired) electrons. The molecule has 2 fully saturated rings. The number of nitrogens with zero attached hydrogens (tertiary/aromatic N) is 2. The highest BCUT2D eigenvalue weighted by atomic mass is 16.6. The molecule has 2 spiro atoms. The Bertz CT molecular complexity index is 1730. The molecule has 46 heavy (non-hydrogen) atoms.